The fourth-order valence-corrected chi connectivity index (χ4v) is 5.43. The minimum Gasteiger partial charge on any atom is -0.497 e. The van der Waals surface area contributed by atoms with Gasteiger partial charge in [-0.2, -0.15) is 5.10 Å². The second kappa shape index (κ2) is 10.6. The lowest BCUT2D eigenvalue weighted by Crippen LogP contribution is -2.42. The molecular formula is C28H33N5O4. The van der Waals surface area contributed by atoms with Gasteiger partial charge in [0.15, 0.2) is 0 Å². The van der Waals surface area contributed by atoms with E-state index in [1.165, 1.54) is 0 Å². The fourth-order valence-electron chi connectivity index (χ4n) is 5.43. The Morgan fingerprint density at radius 1 is 1.05 bits per heavy atom. The average Bonchev–Trinajstić information content (AvgIpc) is 3.48. The number of ether oxygens (including phenoxy) is 1. The van der Waals surface area contributed by atoms with E-state index < -0.39 is 0 Å². The van der Waals surface area contributed by atoms with Gasteiger partial charge < -0.3 is 14.5 Å². The molecule has 5 rings (SSSR count). The highest BCUT2D eigenvalue weighted by Crippen LogP contribution is 2.31. The van der Waals surface area contributed by atoms with Gasteiger partial charge in [-0.25, -0.2) is 9.48 Å². The van der Waals surface area contributed by atoms with Gasteiger partial charge in [-0.05, 0) is 37.5 Å². The van der Waals surface area contributed by atoms with E-state index in [1.807, 2.05) is 66.4 Å². The van der Waals surface area contributed by atoms with Gasteiger partial charge in [0.2, 0.25) is 11.8 Å². The molecule has 2 aliphatic rings. The zero-order valence-electron chi connectivity index (χ0n) is 21.4. The molecule has 2 aliphatic heterocycles. The summed E-state index contributed by atoms with van der Waals surface area (Å²) in [5.74, 6) is 1.23. The van der Waals surface area contributed by atoms with Crippen LogP contribution in [0.1, 0.15) is 43.5 Å². The molecule has 0 aliphatic carbocycles. The topological polar surface area (TPSA) is 89.7 Å². The summed E-state index contributed by atoms with van der Waals surface area (Å²) in [6, 6.07) is 17.2. The van der Waals surface area contributed by atoms with E-state index >= 15 is 0 Å². The average molecular weight is 504 g/mol. The number of carbonyl (C=O) groups excluding carboxylic acids is 2. The van der Waals surface area contributed by atoms with Crippen molar-refractivity contribution < 1.29 is 14.3 Å². The van der Waals surface area contributed by atoms with E-state index in [1.54, 1.807) is 21.3 Å². The summed E-state index contributed by atoms with van der Waals surface area (Å²) in [6.07, 6.45) is 1.71. The highest BCUT2D eigenvalue weighted by Gasteiger charge is 2.38. The largest absolute Gasteiger partial charge is 0.497 e. The molecule has 1 aromatic heterocycles. The number of benzene rings is 2. The van der Waals surface area contributed by atoms with Crippen LogP contribution < -0.4 is 15.3 Å². The molecular weight excluding hydrogens is 470 g/mol. The number of hydrogen-bond donors (Lipinski definition) is 0. The molecule has 0 spiro atoms. The van der Waals surface area contributed by atoms with Crippen LogP contribution in [0.3, 0.4) is 0 Å². The lowest BCUT2D eigenvalue weighted by Gasteiger charge is -2.33. The molecule has 2 saturated heterocycles. The number of likely N-dealkylation sites (tertiary alicyclic amines) is 1. The normalized spacial score (nSPS) is 18.4. The number of carbonyl (C=O) groups is 2. The van der Waals surface area contributed by atoms with Gasteiger partial charge in [0, 0.05) is 50.3 Å². The van der Waals surface area contributed by atoms with Crippen LogP contribution in [-0.2, 0) is 22.7 Å². The summed E-state index contributed by atoms with van der Waals surface area (Å²) in [6.45, 7) is 4.53. The third-order valence-corrected chi connectivity index (χ3v) is 7.45. The first kappa shape index (κ1) is 24.8. The van der Waals surface area contributed by atoms with Crippen LogP contribution in [0.4, 0.5) is 5.69 Å². The molecule has 2 aromatic carbocycles. The van der Waals surface area contributed by atoms with Gasteiger partial charge in [-0.3, -0.25) is 14.2 Å². The molecule has 9 nitrogen and oxygen atoms in total. The fraction of sp³-hybridized carbons (Fsp3) is 0.429. The van der Waals surface area contributed by atoms with E-state index in [2.05, 4.69) is 0 Å². The van der Waals surface area contributed by atoms with Crippen molar-refractivity contribution >= 4 is 17.5 Å². The van der Waals surface area contributed by atoms with Crippen LogP contribution in [0.25, 0.3) is 0 Å². The number of piperidine rings is 1. The Bertz CT molecular complexity index is 1320. The van der Waals surface area contributed by atoms with Gasteiger partial charge in [0.1, 0.15) is 11.6 Å². The molecule has 3 heterocycles. The summed E-state index contributed by atoms with van der Waals surface area (Å²) in [7, 11) is 1.59. The van der Waals surface area contributed by atoms with Crippen LogP contribution >= 0.6 is 0 Å². The molecule has 37 heavy (non-hydrogen) atoms. The minimum atomic E-state index is -0.353. The van der Waals surface area contributed by atoms with E-state index in [-0.39, 0.29) is 35.8 Å². The smallest absolute Gasteiger partial charge is 0.346 e. The van der Waals surface area contributed by atoms with Crippen molar-refractivity contribution in [1.82, 2.24) is 19.2 Å². The summed E-state index contributed by atoms with van der Waals surface area (Å²) in [4.78, 5) is 42.6. The van der Waals surface area contributed by atoms with Gasteiger partial charge in [-0.1, -0.05) is 36.4 Å². The molecule has 2 amide bonds. The van der Waals surface area contributed by atoms with Gasteiger partial charge >= 0.3 is 5.69 Å². The monoisotopic (exact) mass is 503 g/mol. The lowest BCUT2D eigenvalue weighted by atomic mass is 9.94. The Balaban J connectivity index is 1.23. The molecule has 0 N–H and O–H groups in total. The molecule has 194 valence electrons. The summed E-state index contributed by atoms with van der Waals surface area (Å²) in [5.41, 5.74) is 1.69. The molecule has 1 unspecified atom stereocenters. The second-order valence-corrected chi connectivity index (χ2v) is 9.73. The van der Waals surface area contributed by atoms with Gasteiger partial charge in [0.25, 0.3) is 0 Å². The van der Waals surface area contributed by atoms with E-state index in [9.17, 15) is 14.4 Å². The Morgan fingerprint density at radius 2 is 1.81 bits per heavy atom. The molecule has 2 fully saturated rings. The first-order chi connectivity index (χ1) is 18.0. The quantitative estimate of drug-likeness (QED) is 0.495. The van der Waals surface area contributed by atoms with Crippen molar-refractivity contribution in [3.05, 3.63) is 76.5 Å². The van der Waals surface area contributed by atoms with Crippen LogP contribution in [-0.4, -0.2) is 57.8 Å². The minimum absolute atomic E-state index is 0.0275. The molecule has 0 bridgehead atoms. The third kappa shape index (κ3) is 5.03. The Morgan fingerprint density at radius 3 is 2.51 bits per heavy atom. The third-order valence-electron chi connectivity index (χ3n) is 7.45. The Kier molecular flexibility index (Phi) is 7.12. The Labute approximate surface area is 216 Å². The van der Waals surface area contributed by atoms with Crippen LogP contribution in [0, 0.1) is 5.92 Å². The van der Waals surface area contributed by atoms with Gasteiger partial charge in [-0.15, -0.1) is 0 Å². The maximum absolute atomic E-state index is 13.3. The number of hydrogen-bond acceptors (Lipinski definition) is 5. The predicted octanol–water partition coefficient (Wildman–Crippen LogP) is 2.88. The molecule has 0 saturated carbocycles. The van der Waals surface area contributed by atoms with Crippen LogP contribution in [0.5, 0.6) is 5.75 Å². The Hall–Kier alpha value is -3.88. The van der Waals surface area contributed by atoms with Crippen molar-refractivity contribution in [2.24, 2.45) is 5.92 Å². The molecule has 0 radical (unpaired) electrons. The maximum atomic E-state index is 13.3. The second-order valence-electron chi connectivity index (χ2n) is 9.73. The van der Waals surface area contributed by atoms with E-state index in [0.717, 1.165) is 29.9 Å². The highest BCUT2D eigenvalue weighted by atomic mass is 16.5. The molecule has 9 heteroatoms. The van der Waals surface area contributed by atoms with Crippen molar-refractivity contribution in [2.45, 2.75) is 45.2 Å². The zero-order chi connectivity index (χ0) is 25.9. The number of nitrogens with zero attached hydrogens (tertiary/aromatic N) is 5. The standard InChI is InChI=1S/C28H33N5O4/c1-3-31-26(29-33(28(31)36)18-20-8-5-4-6-9-20)21-12-14-30(15-13-21)27(35)22-16-25(34)32(19-22)23-10-7-11-24(17-23)37-2/h4-11,17,21-22H,3,12-16,18-19H2,1-2H3. The number of amides is 2. The number of rotatable bonds is 7. The summed E-state index contributed by atoms with van der Waals surface area (Å²) in [5, 5.41) is 4.72. The van der Waals surface area contributed by atoms with Crippen molar-refractivity contribution in [3.8, 4) is 5.75 Å². The van der Waals surface area contributed by atoms with Crippen molar-refractivity contribution in [2.75, 3.05) is 31.6 Å². The van der Waals surface area contributed by atoms with Crippen LogP contribution in [0.2, 0.25) is 0 Å². The van der Waals surface area contributed by atoms with Crippen LogP contribution in [0.15, 0.2) is 59.4 Å². The zero-order valence-corrected chi connectivity index (χ0v) is 21.4. The van der Waals surface area contributed by atoms with E-state index in [0.29, 0.717) is 38.5 Å². The van der Waals surface area contributed by atoms with Crippen molar-refractivity contribution in [3.63, 3.8) is 0 Å². The predicted molar refractivity (Wildman–Crippen MR) is 140 cm³/mol. The van der Waals surface area contributed by atoms with E-state index in [4.69, 9.17) is 9.84 Å². The van der Waals surface area contributed by atoms with Gasteiger partial charge in [0.05, 0.1) is 19.6 Å². The highest BCUT2D eigenvalue weighted by molar-refractivity contribution is 6.00. The number of methoxy groups -OCH3 is 1. The SMILES string of the molecule is CCn1c(C2CCN(C(=O)C3CC(=O)N(c4cccc(OC)c4)C3)CC2)nn(Cc2ccccc2)c1=O. The maximum Gasteiger partial charge on any atom is 0.346 e. The van der Waals surface area contributed by atoms with Crippen molar-refractivity contribution in [1.29, 1.82) is 0 Å². The number of anilines is 1. The first-order valence-corrected chi connectivity index (χ1v) is 12.9. The first-order valence-electron chi connectivity index (χ1n) is 12.9. The molecule has 1 atom stereocenters. The molecule has 3 aromatic rings. The lowest BCUT2D eigenvalue weighted by molar-refractivity contribution is -0.136. The number of aromatic nitrogens is 3. The summed E-state index contributed by atoms with van der Waals surface area (Å²) < 4.78 is 8.58. The summed E-state index contributed by atoms with van der Waals surface area (Å²) >= 11 is 0.